The number of nitriles is 1. The summed E-state index contributed by atoms with van der Waals surface area (Å²) in [6.07, 6.45) is 0.342. The largest absolute Gasteiger partial charge is 0.395 e. The molecule has 1 heterocycles. The highest BCUT2D eigenvalue weighted by molar-refractivity contribution is 5.78. The minimum Gasteiger partial charge on any atom is -0.395 e. The quantitative estimate of drug-likeness (QED) is 0.671. The lowest BCUT2D eigenvalue weighted by Gasteiger charge is -2.34. The van der Waals surface area contributed by atoms with E-state index in [-0.39, 0.29) is 25.1 Å². The van der Waals surface area contributed by atoms with Crippen LogP contribution in [0.5, 0.6) is 0 Å². The Labute approximate surface area is 101 Å². The van der Waals surface area contributed by atoms with E-state index in [2.05, 4.69) is 0 Å². The smallest absolute Gasteiger partial charge is 0.236 e. The maximum absolute atomic E-state index is 11.8. The first-order valence-electron chi connectivity index (χ1n) is 5.72. The summed E-state index contributed by atoms with van der Waals surface area (Å²) in [5, 5.41) is 17.6. The van der Waals surface area contributed by atoms with Crippen molar-refractivity contribution in [2.24, 2.45) is 0 Å². The van der Waals surface area contributed by atoms with E-state index in [1.165, 1.54) is 0 Å². The molecule has 0 aromatic carbocycles. The zero-order chi connectivity index (χ0) is 12.7. The average molecular weight is 241 g/mol. The predicted molar refractivity (Wildman–Crippen MR) is 61.1 cm³/mol. The van der Waals surface area contributed by atoms with Crippen molar-refractivity contribution in [3.63, 3.8) is 0 Å². The summed E-state index contributed by atoms with van der Waals surface area (Å²) in [5.41, 5.74) is 0. The van der Waals surface area contributed by atoms with Gasteiger partial charge in [0.1, 0.15) is 0 Å². The Hall–Kier alpha value is -1.16. The first-order chi connectivity index (χ1) is 8.19. The fourth-order valence-corrected chi connectivity index (χ4v) is 1.70. The van der Waals surface area contributed by atoms with Crippen LogP contribution in [0.15, 0.2) is 0 Å². The second-order valence-corrected chi connectivity index (χ2v) is 4.11. The molecule has 0 spiro atoms. The maximum Gasteiger partial charge on any atom is 0.236 e. The number of ether oxygens (including phenoxy) is 1. The molecule has 0 aromatic heterocycles. The van der Waals surface area contributed by atoms with Gasteiger partial charge in [0.05, 0.1) is 44.9 Å². The first kappa shape index (κ1) is 13.9. The maximum atomic E-state index is 11.8. The standard InChI is InChI=1S/C11H19N3O3/c1-13(4-2-3-12)11(16)7-14-5-6-17-9-10(14)8-15/h10,15H,2,4-9H2,1H3. The van der Waals surface area contributed by atoms with Crippen molar-refractivity contribution < 1.29 is 14.6 Å². The number of aliphatic hydroxyl groups is 1. The van der Waals surface area contributed by atoms with Crippen molar-refractivity contribution in [3.05, 3.63) is 0 Å². The summed E-state index contributed by atoms with van der Waals surface area (Å²) in [5.74, 6) is -0.0272. The van der Waals surface area contributed by atoms with Gasteiger partial charge in [-0.05, 0) is 0 Å². The molecule has 0 aromatic rings. The summed E-state index contributed by atoms with van der Waals surface area (Å²) in [6.45, 7) is 2.43. The molecule has 96 valence electrons. The van der Waals surface area contributed by atoms with Gasteiger partial charge in [0.15, 0.2) is 0 Å². The molecule has 1 aliphatic heterocycles. The third-order valence-electron chi connectivity index (χ3n) is 2.88. The van der Waals surface area contributed by atoms with Gasteiger partial charge in [0.25, 0.3) is 0 Å². The number of hydrogen-bond donors (Lipinski definition) is 1. The number of amides is 1. The molecule has 1 rings (SSSR count). The molecule has 1 N–H and O–H groups in total. The van der Waals surface area contributed by atoms with E-state index in [4.69, 9.17) is 15.1 Å². The Morgan fingerprint density at radius 3 is 3.12 bits per heavy atom. The van der Waals surface area contributed by atoms with E-state index in [0.29, 0.717) is 32.7 Å². The second kappa shape index (κ2) is 7.22. The van der Waals surface area contributed by atoms with E-state index in [9.17, 15) is 4.79 Å². The zero-order valence-electron chi connectivity index (χ0n) is 10.1. The normalized spacial score (nSPS) is 20.9. The summed E-state index contributed by atoms with van der Waals surface area (Å²) in [7, 11) is 1.69. The summed E-state index contributed by atoms with van der Waals surface area (Å²) in [6, 6.07) is 1.91. The van der Waals surface area contributed by atoms with Crippen molar-refractivity contribution in [1.82, 2.24) is 9.80 Å². The lowest BCUT2D eigenvalue weighted by atomic mass is 10.2. The molecule has 1 amide bonds. The van der Waals surface area contributed by atoms with Crippen LogP contribution >= 0.6 is 0 Å². The summed E-state index contributed by atoms with van der Waals surface area (Å²) >= 11 is 0. The minimum absolute atomic E-state index is 0.00477. The molecule has 1 fully saturated rings. The number of aliphatic hydroxyl groups excluding tert-OH is 1. The third-order valence-corrected chi connectivity index (χ3v) is 2.88. The molecule has 17 heavy (non-hydrogen) atoms. The minimum atomic E-state index is -0.0999. The molecular weight excluding hydrogens is 222 g/mol. The highest BCUT2D eigenvalue weighted by Gasteiger charge is 2.25. The molecular formula is C11H19N3O3. The zero-order valence-corrected chi connectivity index (χ0v) is 10.1. The Kier molecular flexibility index (Phi) is 5.91. The highest BCUT2D eigenvalue weighted by Crippen LogP contribution is 2.06. The Balaban J connectivity index is 2.40. The molecule has 1 unspecified atom stereocenters. The Morgan fingerprint density at radius 2 is 2.47 bits per heavy atom. The molecule has 6 nitrogen and oxygen atoms in total. The fraction of sp³-hybridized carbons (Fsp3) is 0.818. The Bertz CT molecular complexity index is 290. The first-order valence-corrected chi connectivity index (χ1v) is 5.72. The average Bonchev–Trinajstić information content (AvgIpc) is 2.36. The van der Waals surface area contributed by atoms with Crippen molar-refractivity contribution >= 4 is 5.91 Å². The number of likely N-dealkylation sites (N-methyl/N-ethyl adjacent to an activating group) is 1. The van der Waals surface area contributed by atoms with Crippen LogP contribution in [0.3, 0.4) is 0 Å². The molecule has 1 aliphatic rings. The van der Waals surface area contributed by atoms with Gasteiger partial charge in [0.2, 0.25) is 5.91 Å². The van der Waals surface area contributed by atoms with Gasteiger partial charge in [0, 0.05) is 20.1 Å². The number of hydrogen-bond acceptors (Lipinski definition) is 5. The number of carbonyl (C=O) groups excluding carboxylic acids is 1. The van der Waals surface area contributed by atoms with Gasteiger partial charge < -0.3 is 14.7 Å². The molecule has 0 saturated carbocycles. The van der Waals surface area contributed by atoms with Crippen molar-refractivity contribution in [1.29, 1.82) is 5.26 Å². The van der Waals surface area contributed by atoms with Crippen LogP contribution in [0, 0.1) is 11.3 Å². The van der Waals surface area contributed by atoms with Crippen molar-refractivity contribution in [2.45, 2.75) is 12.5 Å². The van der Waals surface area contributed by atoms with Crippen LogP contribution in [-0.2, 0) is 9.53 Å². The number of morpholine rings is 1. The molecule has 1 atom stereocenters. The number of carbonyl (C=O) groups is 1. The van der Waals surface area contributed by atoms with Gasteiger partial charge in [-0.1, -0.05) is 0 Å². The van der Waals surface area contributed by atoms with Crippen LogP contribution in [-0.4, -0.2) is 73.4 Å². The topological polar surface area (TPSA) is 76.8 Å². The van der Waals surface area contributed by atoms with E-state index in [1.807, 2.05) is 11.0 Å². The fourth-order valence-electron chi connectivity index (χ4n) is 1.70. The SMILES string of the molecule is CN(CCC#N)C(=O)CN1CCOCC1CO. The van der Waals surface area contributed by atoms with E-state index in [0.717, 1.165) is 0 Å². The van der Waals surface area contributed by atoms with Gasteiger partial charge in [-0.2, -0.15) is 5.26 Å². The predicted octanol–water partition coefficient (Wildman–Crippen LogP) is -0.948. The van der Waals surface area contributed by atoms with E-state index < -0.39 is 0 Å². The van der Waals surface area contributed by atoms with Gasteiger partial charge >= 0.3 is 0 Å². The van der Waals surface area contributed by atoms with Gasteiger partial charge in [-0.3, -0.25) is 9.69 Å². The van der Waals surface area contributed by atoms with Gasteiger partial charge in [-0.15, -0.1) is 0 Å². The summed E-state index contributed by atoms with van der Waals surface area (Å²) in [4.78, 5) is 15.3. The van der Waals surface area contributed by atoms with Crippen LogP contribution in [0.25, 0.3) is 0 Å². The van der Waals surface area contributed by atoms with Crippen LogP contribution < -0.4 is 0 Å². The van der Waals surface area contributed by atoms with E-state index in [1.54, 1.807) is 11.9 Å². The summed E-state index contributed by atoms with van der Waals surface area (Å²) < 4.78 is 5.24. The number of rotatable bonds is 5. The molecule has 0 bridgehead atoms. The van der Waals surface area contributed by atoms with Crippen molar-refractivity contribution in [2.75, 3.05) is 46.5 Å². The van der Waals surface area contributed by atoms with E-state index >= 15 is 0 Å². The Morgan fingerprint density at radius 1 is 1.71 bits per heavy atom. The molecule has 6 heteroatoms. The van der Waals surface area contributed by atoms with Crippen LogP contribution in [0.2, 0.25) is 0 Å². The number of nitrogens with zero attached hydrogens (tertiary/aromatic N) is 3. The third kappa shape index (κ3) is 4.30. The monoisotopic (exact) mass is 241 g/mol. The highest BCUT2D eigenvalue weighted by atomic mass is 16.5. The van der Waals surface area contributed by atoms with Crippen LogP contribution in [0.4, 0.5) is 0 Å². The molecule has 1 saturated heterocycles. The molecule has 0 radical (unpaired) electrons. The second-order valence-electron chi connectivity index (χ2n) is 4.11. The van der Waals surface area contributed by atoms with Gasteiger partial charge in [-0.25, -0.2) is 0 Å². The lowest BCUT2D eigenvalue weighted by molar-refractivity contribution is -0.134. The van der Waals surface area contributed by atoms with Crippen LogP contribution in [0.1, 0.15) is 6.42 Å². The lowest BCUT2D eigenvalue weighted by Crippen LogP contribution is -2.51. The van der Waals surface area contributed by atoms with Crippen molar-refractivity contribution in [3.8, 4) is 6.07 Å². The molecule has 0 aliphatic carbocycles.